The van der Waals surface area contributed by atoms with Gasteiger partial charge in [-0.2, -0.15) is 4.72 Å². The van der Waals surface area contributed by atoms with Crippen molar-refractivity contribution in [2.24, 2.45) is 5.92 Å². The summed E-state index contributed by atoms with van der Waals surface area (Å²) in [5, 5.41) is 5.06. The van der Waals surface area contributed by atoms with Crippen molar-refractivity contribution in [3.8, 4) is 5.75 Å². The van der Waals surface area contributed by atoms with E-state index in [2.05, 4.69) is 20.1 Å². The topological polar surface area (TPSA) is 140 Å². The molecule has 0 aliphatic rings. The Morgan fingerprint density at radius 1 is 0.939 bits per heavy atom. The van der Waals surface area contributed by atoms with Crippen LogP contribution in [0.15, 0.2) is 53.4 Å². The van der Waals surface area contributed by atoms with Crippen LogP contribution in [0.2, 0.25) is 0 Å². The van der Waals surface area contributed by atoms with E-state index in [0.717, 1.165) is 0 Å². The maximum atomic E-state index is 12.8. The number of anilines is 1. The normalized spacial score (nSPS) is 12.0. The first kappa shape index (κ1) is 25.8. The smallest absolute Gasteiger partial charge is 0.325 e. The van der Waals surface area contributed by atoms with E-state index < -0.39 is 33.8 Å². The third-order valence-electron chi connectivity index (χ3n) is 4.64. The van der Waals surface area contributed by atoms with Crippen molar-refractivity contribution in [2.75, 3.05) is 26.1 Å². The minimum atomic E-state index is -3.96. The Labute approximate surface area is 192 Å². The molecule has 0 heterocycles. The van der Waals surface area contributed by atoms with Crippen LogP contribution in [0, 0.1) is 5.92 Å². The Balaban J connectivity index is 2.07. The predicted octanol–water partition coefficient (Wildman–Crippen LogP) is 1.54. The average molecular weight is 478 g/mol. The number of methoxy groups -OCH3 is 2. The van der Waals surface area contributed by atoms with Crippen molar-refractivity contribution < 1.29 is 32.3 Å². The second-order valence-electron chi connectivity index (χ2n) is 7.34. The molecule has 2 amide bonds. The van der Waals surface area contributed by atoms with E-state index in [1.165, 1.54) is 62.8 Å². The van der Waals surface area contributed by atoms with Crippen molar-refractivity contribution >= 4 is 33.5 Å². The van der Waals surface area contributed by atoms with Gasteiger partial charge < -0.3 is 20.1 Å². The lowest BCUT2D eigenvalue weighted by atomic mass is 10.0. The quantitative estimate of drug-likeness (QED) is 0.441. The van der Waals surface area contributed by atoms with Gasteiger partial charge >= 0.3 is 5.97 Å². The van der Waals surface area contributed by atoms with Gasteiger partial charge in [0, 0.05) is 11.3 Å². The van der Waals surface area contributed by atoms with Crippen molar-refractivity contribution in [1.82, 2.24) is 10.0 Å². The highest BCUT2D eigenvalue weighted by Crippen LogP contribution is 2.18. The summed E-state index contributed by atoms with van der Waals surface area (Å²) in [7, 11) is -1.27. The summed E-state index contributed by atoms with van der Waals surface area (Å²) >= 11 is 0. The Morgan fingerprint density at radius 3 is 2.06 bits per heavy atom. The lowest BCUT2D eigenvalue weighted by Gasteiger charge is -2.22. The zero-order chi connectivity index (χ0) is 24.6. The molecule has 0 bridgehead atoms. The Morgan fingerprint density at radius 2 is 1.55 bits per heavy atom. The molecule has 2 aromatic carbocycles. The molecule has 0 aliphatic carbocycles. The number of nitrogens with one attached hydrogen (secondary N) is 3. The fourth-order valence-electron chi connectivity index (χ4n) is 2.73. The van der Waals surface area contributed by atoms with E-state index in [4.69, 9.17) is 4.74 Å². The average Bonchev–Trinajstić information content (AvgIpc) is 2.81. The first-order valence-corrected chi connectivity index (χ1v) is 11.5. The number of sulfonamides is 1. The molecule has 178 valence electrons. The van der Waals surface area contributed by atoms with Gasteiger partial charge in [0.05, 0.1) is 19.1 Å². The van der Waals surface area contributed by atoms with E-state index in [9.17, 15) is 22.8 Å². The van der Waals surface area contributed by atoms with Crippen LogP contribution in [0.25, 0.3) is 0 Å². The van der Waals surface area contributed by atoms with Crippen LogP contribution in [0.5, 0.6) is 5.75 Å². The van der Waals surface area contributed by atoms with Crippen LogP contribution in [-0.4, -0.2) is 53.0 Å². The monoisotopic (exact) mass is 477 g/mol. The van der Waals surface area contributed by atoms with Crippen molar-refractivity contribution in [1.29, 1.82) is 0 Å². The largest absolute Gasteiger partial charge is 0.497 e. The van der Waals surface area contributed by atoms with Crippen LogP contribution in [0.3, 0.4) is 0 Å². The van der Waals surface area contributed by atoms with Gasteiger partial charge in [0.1, 0.15) is 18.3 Å². The molecule has 1 atom stereocenters. The molecule has 0 aromatic heterocycles. The molecule has 0 fully saturated rings. The number of hydrogen-bond acceptors (Lipinski definition) is 7. The lowest BCUT2D eigenvalue weighted by molar-refractivity contribution is -0.139. The molecule has 3 N–H and O–H groups in total. The summed E-state index contributed by atoms with van der Waals surface area (Å²) in [6.07, 6.45) is 0. The molecule has 0 spiro atoms. The molecular weight excluding hydrogens is 450 g/mol. The van der Waals surface area contributed by atoms with Crippen molar-refractivity contribution in [3.05, 3.63) is 54.1 Å². The zero-order valence-corrected chi connectivity index (χ0v) is 19.6. The van der Waals surface area contributed by atoms with Crippen LogP contribution in [0.4, 0.5) is 5.69 Å². The molecular formula is C22H27N3O7S. The summed E-state index contributed by atoms with van der Waals surface area (Å²) in [6.45, 7) is 3.17. The molecule has 0 saturated carbocycles. The van der Waals surface area contributed by atoms with E-state index >= 15 is 0 Å². The van der Waals surface area contributed by atoms with Gasteiger partial charge in [0.2, 0.25) is 15.9 Å². The predicted molar refractivity (Wildman–Crippen MR) is 121 cm³/mol. The third kappa shape index (κ3) is 7.29. The maximum absolute atomic E-state index is 12.8. The third-order valence-corrected chi connectivity index (χ3v) is 6.09. The van der Waals surface area contributed by atoms with Crippen LogP contribution >= 0.6 is 0 Å². The number of esters is 1. The van der Waals surface area contributed by atoms with Gasteiger partial charge in [-0.25, -0.2) is 8.42 Å². The number of amides is 2. The number of carbonyl (C=O) groups excluding carboxylic acids is 3. The molecule has 0 aliphatic heterocycles. The number of carbonyl (C=O) groups is 3. The fourth-order valence-corrected chi connectivity index (χ4v) is 4.08. The summed E-state index contributed by atoms with van der Waals surface area (Å²) in [5.74, 6) is -1.45. The van der Waals surface area contributed by atoms with Gasteiger partial charge in [-0.3, -0.25) is 14.4 Å². The Kier molecular flexibility index (Phi) is 8.94. The van der Waals surface area contributed by atoms with Gasteiger partial charge in [-0.05, 0) is 54.4 Å². The lowest BCUT2D eigenvalue weighted by Crippen LogP contribution is -2.47. The number of ether oxygens (including phenoxy) is 2. The van der Waals surface area contributed by atoms with E-state index in [-0.39, 0.29) is 22.9 Å². The maximum Gasteiger partial charge on any atom is 0.325 e. The number of benzene rings is 2. The van der Waals surface area contributed by atoms with Crippen LogP contribution < -0.4 is 20.1 Å². The molecule has 2 aromatic rings. The minimum Gasteiger partial charge on any atom is -0.497 e. The first-order chi connectivity index (χ1) is 15.6. The Bertz CT molecular complexity index is 1080. The second kappa shape index (κ2) is 11.4. The zero-order valence-electron chi connectivity index (χ0n) is 18.7. The molecule has 10 nitrogen and oxygen atoms in total. The summed E-state index contributed by atoms with van der Waals surface area (Å²) < 4.78 is 37.4. The van der Waals surface area contributed by atoms with E-state index in [1.807, 2.05) is 0 Å². The highest BCUT2D eigenvalue weighted by atomic mass is 32.2. The summed E-state index contributed by atoms with van der Waals surface area (Å²) in [5.41, 5.74) is 0.649. The standard InChI is InChI=1S/C22H27N3O7S/c1-14(2)20(25-33(29,30)18-11-9-17(31-3)10-12-18)22(28)24-16-7-5-15(6-8-16)21(27)23-13-19(26)32-4/h5-12,14,20,25H,13H2,1-4H3,(H,23,27)(H,24,28)/t20-/m0/s1. The van der Waals surface area contributed by atoms with Gasteiger partial charge in [0.25, 0.3) is 5.91 Å². The van der Waals surface area contributed by atoms with Gasteiger partial charge in [-0.15, -0.1) is 0 Å². The first-order valence-electron chi connectivity index (χ1n) is 9.99. The van der Waals surface area contributed by atoms with Crippen molar-refractivity contribution in [3.63, 3.8) is 0 Å². The van der Waals surface area contributed by atoms with E-state index in [0.29, 0.717) is 11.4 Å². The van der Waals surface area contributed by atoms with Crippen molar-refractivity contribution in [2.45, 2.75) is 24.8 Å². The second-order valence-corrected chi connectivity index (χ2v) is 9.06. The molecule has 33 heavy (non-hydrogen) atoms. The van der Waals surface area contributed by atoms with E-state index in [1.54, 1.807) is 13.8 Å². The molecule has 2 rings (SSSR count). The highest BCUT2D eigenvalue weighted by Gasteiger charge is 2.28. The van der Waals surface area contributed by atoms with Crippen LogP contribution in [0.1, 0.15) is 24.2 Å². The summed E-state index contributed by atoms with van der Waals surface area (Å²) in [6, 6.07) is 10.7. The van der Waals surface area contributed by atoms with Crippen LogP contribution in [-0.2, 0) is 24.3 Å². The fraction of sp³-hybridized carbons (Fsp3) is 0.318. The Hall–Kier alpha value is -3.44. The van der Waals surface area contributed by atoms with Gasteiger partial charge in [-0.1, -0.05) is 13.8 Å². The molecule has 11 heteroatoms. The molecule has 0 radical (unpaired) electrons. The molecule has 0 unspecified atom stereocenters. The SMILES string of the molecule is COC(=O)CNC(=O)c1ccc(NC(=O)[C@@H](NS(=O)(=O)c2ccc(OC)cc2)C(C)C)cc1. The summed E-state index contributed by atoms with van der Waals surface area (Å²) in [4.78, 5) is 36.0. The number of rotatable bonds is 10. The van der Waals surface area contributed by atoms with Gasteiger partial charge in [0.15, 0.2) is 0 Å². The highest BCUT2D eigenvalue weighted by molar-refractivity contribution is 7.89. The number of hydrogen-bond donors (Lipinski definition) is 3. The molecule has 0 saturated heterocycles. The minimum absolute atomic E-state index is 0.00377.